The second kappa shape index (κ2) is 6.62. The van der Waals surface area contributed by atoms with Crippen LogP contribution in [0.3, 0.4) is 0 Å². The number of ether oxygens (including phenoxy) is 2. The SMILES string of the molecule is c1cc(CNCCOCC2CCCO2)[nH]n1. The molecule has 0 amide bonds. The molecule has 16 heavy (non-hydrogen) atoms. The standard InChI is InChI=1S/C11H19N3O2/c1-2-11(16-6-1)9-15-7-5-12-8-10-3-4-13-14-10/h3-4,11-12H,1-2,5-9H2,(H,13,14). The molecule has 2 rings (SSSR count). The molecular weight excluding hydrogens is 206 g/mol. The van der Waals surface area contributed by atoms with Crippen LogP contribution in [0.2, 0.25) is 0 Å². The normalized spacial score (nSPS) is 20.4. The Morgan fingerprint density at radius 2 is 2.62 bits per heavy atom. The maximum Gasteiger partial charge on any atom is 0.0809 e. The van der Waals surface area contributed by atoms with Crippen molar-refractivity contribution in [3.63, 3.8) is 0 Å². The molecule has 2 heterocycles. The summed E-state index contributed by atoms with van der Waals surface area (Å²) >= 11 is 0. The summed E-state index contributed by atoms with van der Waals surface area (Å²) in [6.45, 7) is 4.01. The molecule has 5 heteroatoms. The first-order valence-electron chi connectivity index (χ1n) is 5.83. The summed E-state index contributed by atoms with van der Waals surface area (Å²) in [5, 5.41) is 10.1. The maximum atomic E-state index is 5.52. The van der Waals surface area contributed by atoms with Gasteiger partial charge in [-0.3, -0.25) is 5.10 Å². The number of aromatic amines is 1. The highest BCUT2D eigenvalue weighted by Crippen LogP contribution is 2.11. The molecule has 1 fully saturated rings. The van der Waals surface area contributed by atoms with E-state index in [1.54, 1.807) is 6.20 Å². The molecule has 0 aliphatic carbocycles. The lowest BCUT2D eigenvalue weighted by Gasteiger charge is -2.10. The summed E-state index contributed by atoms with van der Waals surface area (Å²) in [7, 11) is 0. The summed E-state index contributed by atoms with van der Waals surface area (Å²) in [5.41, 5.74) is 1.10. The van der Waals surface area contributed by atoms with Crippen LogP contribution in [0, 0.1) is 0 Å². The number of nitrogens with zero attached hydrogens (tertiary/aromatic N) is 1. The summed E-state index contributed by atoms with van der Waals surface area (Å²) in [6, 6.07) is 1.96. The molecule has 2 N–H and O–H groups in total. The van der Waals surface area contributed by atoms with Gasteiger partial charge in [-0.05, 0) is 18.9 Å². The Labute approximate surface area is 95.5 Å². The Hall–Kier alpha value is -0.910. The van der Waals surface area contributed by atoms with Crippen LogP contribution in [-0.4, -0.2) is 42.7 Å². The van der Waals surface area contributed by atoms with E-state index in [2.05, 4.69) is 15.5 Å². The van der Waals surface area contributed by atoms with Gasteiger partial charge in [-0.25, -0.2) is 0 Å². The van der Waals surface area contributed by atoms with Gasteiger partial charge in [-0.15, -0.1) is 0 Å². The fourth-order valence-corrected chi connectivity index (χ4v) is 1.74. The fourth-order valence-electron chi connectivity index (χ4n) is 1.74. The summed E-state index contributed by atoms with van der Waals surface area (Å²) in [5.74, 6) is 0. The molecule has 0 aromatic carbocycles. The minimum Gasteiger partial charge on any atom is -0.377 e. The molecule has 0 bridgehead atoms. The number of hydrogen-bond acceptors (Lipinski definition) is 4. The van der Waals surface area contributed by atoms with Gasteiger partial charge in [0.25, 0.3) is 0 Å². The van der Waals surface area contributed by atoms with Crippen LogP contribution >= 0.6 is 0 Å². The molecular formula is C11H19N3O2. The van der Waals surface area contributed by atoms with Crippen LogP contribution in [0.4, 0.5) is 0 Å². The minimum absolute atomic E-state index is 0.326. The van der Waals surface area contributed by atoms with E-state index in [-0.39, 0.29) is 0 Å². The van der Waals surface area contributed by atoms with Gasteiger partial charge in [-0.2, -0.15) is 5.10 Å². The summed E-state index contributed by atoms with van der Waals surface area (Å²) in [4.78, 5) is 0. The van der Waals surface area contributed by atoms with Gasteiger partial charge >= 0.3 is 0 Å². The van der Waals surface area contributed by atoms with Crippen LogP contribution in [0.25, 0.3) is 0 Å². The second-order valence-electron chi connectivity index (χ2n) is 3.97. The van der Waals surface area contributed by atoms with Gasteiger partial charge < -0.3 is 14.8 Å². The Kier molecular flexibility index (Phi) is 4.79. The van der Waals surface area contributed by atoms with Gasteiger partial charge in [-0.1, -0.05) is 0 Å². The first-order chi connectivity index (χ1) is 7.95. The summed E-state index contributed by atoms with van der Waals surface area (Å²) < 4.78 is 11.0. The van der Waals surface area contributed by atoms with E-state index in [9.17, 15) is 0 Å². The van der Waals surface area contributed by atoms with Crippen molar-refractivity contribution >= 4 is 0 Å². The topological polar surface area (TPSA) is 59.2 Å². The van der Waals surface area contributed by atoms with E-state index in [0.29, 0.717) is 6.10 Å². The Bertz CT molecular complexity index is 271. The van der Waals surface area contributed by atoms with E-state index >= 15 is 0 Å². The Balaban J connectivity index is 1.43. The van der Waals surface area contributed by atoms with Gasteiger partial charge in [0, 0.05) is 31.6 Å². The molecule has 1 aliphatic rings. The van der Waals surface area contributed by atoms with Crippen molar-refractivity contribution in [1.29, 1.82) is 0 Å². The first kappa shape index (κ1) is 11.6. The van der Waals surface area contributed by atoms with Crippen LogP contribution in [-0.2, 0) is 16.0 Å². The molecule has 1 saturated heterocycles. The molecule has 0 radical (unpaired) electrons. The highest BCUT2D eigenvalue weighted by molar-refractivity contribution is 4.96. The molecule has 1 atom stereocenters. The number of aromatic nitrogens is 2. The zero-order valence-electron chi connectivity index (χ0n) is 9.45. The molecule has 0 saturated carbocycles. The van der Waals surface area contributed by atoms with Crippen molar-refractivity contribution in [1.82, 2.24) is 15.5 Å². The molecule has 1 aromatic heterocycles. The van der Waals surface area contributed by atoms with E-state index < -0.39 is 0 Å². The zero-order valence-corrected chi connectivity index (χ0v) is 9.45. The first-order valence-corrected chi connectivity index (χ1v) is 5.83. The lowest BCUT2D eigenvalue weighted by Crippen LogP contribution is -2.22. The van der Waals surface area contributed by atoms with Crippen molar-refractivity contribution in [2.24, 2.45) is 0 Å². The van der Waals surface area contributed by atoms with Crippen molar-refractivity contribution in [3.8, 4) is 0 Å². The number of nitrogens with one attached hydrogen (secondary N) is 2. The maximum absolute atomic E-state index is 5.52. The van der Waals surface area contributed by atoms with Gasteiger partial charge in [0.15, 0.2) is 0 Å². The van der Waals surface area contributed by atoms with E-state index in [0.717, 1.165) is 45.0 Å². The third kappa shape index (κ3) is 3.92. The van der Waals surface area contributed by atoms with Crippen LogP contribution < -0.4 is 5.32 Å². The zero-order chi connectivity index (χ0) is 11.1. The van der Waals surface area contributed by atoms with Crippen LogP contribution in [0.5, 0.6) is 0 Å². The molecule has 5 nitrogen and oxygen atoms in total. The van der Waals surface area contributed by atoms with Gasteiger partial charge in [0.05, 0.1) is 19.3 Å². The van der Waals surface area contributed by atoms with Crippen molar-refractivity contribution in [3.05, 3.63) is 18.0 Å². The van der Waals surface area contributed by atoms with E-state index in [4.69, 9.17) is 9.47 Å². The second-order valence-corrected chi connectivity index (χ2v) is 3.97. The van der Waals surface area contributed by atoms with E-state index in [1.165, 1.54) is 6.42 Å². The molecule has 1 aromatic rings. The highest BCUT2D eigenvalue weighted by atomic mass is 16.5. The third-order valence-electron chi connectivity index (χ3n) is 2.62. The predicted octanol–water partition coefficient (Wildman–Crippen LogP) is 0.695. The van der Waals surface area contributed by atoms with Crippen LogP contribution in [0.1, 0.15) is 18.5 Å². The molecule has 90 valence electrons. The average Bonchev–Trinajstić information content (AvgIpc) is 2.96. The minimum atomic E-state index is 0.326. The largest absolute Gasteiger partial charge is 0.377 e. The number of rotatable bonds is 7. The number of H-pyrrole nitrogens is 1. The summed E-state index contributed by atoms with van der Waals surface area (Å²) in [6.07, 6.45) is 4.39. The van der Waals surface area contributed by atoms with Crippen LogP contribution in [0.15, 0.2) is 12.3 Å². The fraction of sp³-hybridized carbons (Fsp3) is 0.727. The van der Waals surface area contributed by atoms with Crippen molar-refractivity contribution < 1.29 is 9.47 Å². The van der Waals surface area contributed by atoms with E-state index in [1.807, 2.05) is 6.07 Å². The predicted molar refractivity (Wildman–Crippen MR) is 60.1 cm³/mol. The van der Waals surface area contributed by atoms with Crippen molar-refractivity contribution in [2.45, 2.75) is 25.5 Å². The van der Waals surface area contributed by atoms with Crippen molar-refractivity contribution in [2.75, 3.05) is 26.4 Å². The third-order valence-corrected chi connectivity index (χ3v) is 2.62. The average molecular weight is 225 g/mol. The lowest BCUT2D eigenvalue weighted by molar-refractivity contribution is 0.0182. The van der Waals surface area contributed by atoms with Gasteiger partial charge in [0.2, 0.25) is 0 Å². The Morgan fingerprint density at radius 3 is 3.38 bits per heavy atom. The Morgan fingerprint density at radius 1 is 1.62 bits per heavy atom. The lowest BCUT2D eigenvalue weighted by atomic mass is 10.2. The molecule has 0 spiro atoms. The number of hydrogen-bond donors (Lipinski definition) is 2. The van der Waals surface area contributed by atoms with Gasteiger partial charge in [0.1, 0.15) is 0 Å². The smallest absolute Gasteiger partial charge is 0.0809 e. The highest BCUT2D eigenvalue weighted by Gasteiger charge is 2.14. The quantitative estimate of drug-likeness (QED) is 0.670. The molecule has 1 aliphatic heterocycles. The monoisotopic (exact) mass is 225 g/mol. The molecule has 1 unspecified atom stereocenters.